The van der Waals surface area contributed by atoms with Gasteiger partial charge in [0.1, 0.15) is 0 Å². The summed E-state index contributed by atoms with van der Waals surface area (Å²) in [7, 11) is 0. The zero-order chi connectivity index (χ0) is 17.0. The van der Waals surface area contributed by atoms with Gasteiger partial charge in [-0.15, -0.1) is 0 Å². The summed E-state index contributed by atoms with van der Waals surface area (Å²) in [5.74, 6) is 0. The van der Waals surface area contributed by atoms with E-state index in [1.807, 2.05) is 0 Å². The van der Waals surface area contributed by atoms with Crippen molar-refractivity contribution in [2.45, 2.75) is 71.1 Å². The van der Waals surface area contributed by atoms with Gasteiger partial charge in [-0.2, -0.15) is 0 Å². The van der Waals surface area contributed by atoms with Gasteiger partial charge in [0, 0.05) is 0 Å². The van der Waals surface area contributed by atoms with E-state index in [1.54, 1.807) is 5.56 Å². The molecule has 0 aromatic heterocycles. The molecule has 0 heterocycles. The van der Waals surface area contributed by atoms with Crippen molar-refractivity contribution in [2.75, 3.05) is 0 Å². The molecule has 0 N–H and O–H groups in total. The van der Waals surface area contributed by atoms with Crippen LogP contribution in [0.2, 0.25) is 0 Å². The van der Waals surface area contributed by atoms with Crippen molar-refractivity contribution in [3.63, 3.8) is 0 Å². The maximum absolute atomic E-state index is 2.55. The fourth-order valence-electron chi connectivity index (χ4n) is 4.83. The average molecular weight is 321 g/mol. The highest BCUT2D eigenvalue weighted by Crippen LogP contribution is 2.54. The van der Waals surface area contributed by atoms with Crippen LogP contribution in [0.1, 0.15) is 69.1 Å². The third kappa shape index (κ3) is 3.29. The number of aryl methyl sites for hydroxylation is 2. The summed E-state index contributed by atoms with van der Waals surface area (Å²) >= 11 is 0. The molecule has 0 heteroatoms. The molecule has 0 amide bonds. The zero-order valence-electron chi connectivity index (χ0n) is 15.6. The highest BCUT2D eigenvalue weighted by atomic mass is 14.5. The summed E-state index contributed by atoms with van der Waals surface area (Å²) in [4.78, 5) is 0. The number of benzene rings is 2. The van der Waals surface area contributed by atoms with E-state index < -0.39 is 0 Å². The first kappa shape index (κ1) is 17.3. The second-order valence-electron chi connectivity index (χ2n) is 8.25. The molecule has 0 nitrogen and oxygen atoms in total. The van der Waals surface area contributed by atoms with Crippen molar-refractivity contribution < 1.29 is 0 Å². The van der Waals surface area contributed by atoms with Crippen LogP contribution in [0.15, 0.2) is 54.6 Å². The van der Waals surface area contributed by atoms with Gasteiger partial charge in [-0.25, -0.2) is 0 Å². The molecule has 24 heavy (non-hydrogen) atoms. The molecule has 128 valence electrons. The topological polar surface area (TPSA) is 0 Å². The fourth-order valence-corrected chi connectivity index (χ4v) is 4.83. The fraction of sp³-hybridized carbons (Fsp3) is 0.500. The highest BCUT2D eigenvalue weighted by molar-refractivity contribution is 5.29. The minimum atomic E-state index is 0.318. The van der Waals surface area contributed by atoms with Crippen LogP contribution < -0.4 is 0 Å². The molecular weight excluding hydrogens is 288 g/mol. The van der Waals surface area contributed by atoms with E-state index >= 15 is 0 Å². The Morgan fingerprint density at radius 2 is 1.50 bits per heavy atom. The summed E-state index contributed by atoms with van der Waals surface area (Å²) in [5, 5.41) is 0. The lowest BCUT2D eigenvalue weighted by molar-refractivity contribution is 0.0753. The molecule has 0 spiro atoms. The summed E-state index contributed by atoms with van der Waals surface area (Å²) < 4.78 is 0. The first-order valence-electron chi connectivity index (χ1n) is 9.65. The molecule has 0 saturated heterocycles. The molecule has 1 aliphatic rings. The second kappa shape index (κ2) is 7.13. The average Bonchev–Trinajstić information content (AvgIpc) is 2.60. The van der Waals surface area contributed by atoms with Gasteiger partial charge in [-0.1, -0.05) is 81.3 Å². The van der Waals surface area contributed by atoms with Crippen LogP contribution >= 0.6 is 0 Å². The van der Waals surface area contributed by atoms with Crippen molar-refractivity contribution in [2.24, 2.45) is 5.41 Å². The quantitative estimate of drug-likeness (QED) is 0.564. The Morgan fingerprint density at radius 3 is 2.25 bits per heavy atom. The molecule has 2 aromatic rings. The SMILES string of the molecule is Cc1ccccc1CCC[C@]1(C)CCCC[C@]1(C)c1ccccc1. The molecular formula is C24H32. The second-order valence-corrected chi connectivity index (χ2v) is 8.25. The minimum absolute atomic E-state index is 0.318. The maximum atomic E-state index is 2.55. The Labute approximate surface area is 148 Å². The van der Waals surface area contributed by atoms with Crippen molar-refractivity contribution in [3.05, 3.63) is 71.3 Å². The molecule has 3 rings (SSSR count). The lowest BCUT2D eigenvalue weighted by Crippen LogP contribution is -2.44. The summed E-state index contributed by atoms with van der Waals surface area (Å²) in [5.41, 5.74) is 5.24. The Morgan fingerprint density at radius 1 is 0.833 bits per heavy atom. The monoisotopic (exact) mass is 320 g/mol. The predicted molar refractivity (Wildman–Crippen MR) is 104 cm³/mol. The Balaban J connectivity index is 1.75. The molecule has 1 aliphatic carbocycles. The third-order valence-electron chi connectivity index (χ3n) is 6.83. The highest BCUT2D eigenvalue weighted by Gasteiger charge is 2.46. The normalized spacial score (nSPS) is 27.1. The first-order valence-corrected chi connectivity index (χ1v) is 9.65. The van der Waals surface area contributed by atoms with Crippen LogP contribution in [0, 0.1) is 12.3 Å². The van der Waals surface area contributed by atoms with Gasteiger partial charge in [0.15, 0.2) is 0 Å². The standard InChI is InChI=1S/C24H32/c1-20-12-7-8-13-21(20)14-11-18-23(2)17-9-10-19-24(23,3)22-15-5-4-6-16-22/h4-8,12-13,15-16H,9-11,14,17-19H2,1-3H3/t23-,24+/m0/s1. The van der Waals surface area contributed by atoms with Crippen LogP contribution in [-0.2, 0) is 11.8 Å². The number of hydrogen-bond donors (Lipinski definition) is 0. The van der Waals surface area contributed by atoms with Crippen LogP contribution in [0.25, 0.3) is 0 Å². The maximum Gasteiger partial charge on any atom is -0.00215 e. The van der Waals surface area contributed by atoms with Crippen molar-refractivity contribution in [1.82, 2.24) is 0 Å². The Hall–Kier alpha value is -1.56. The lowest BCUT2D eigenvalue weighted by atomic mass is 9.53. The number of hydrogen-bond acceptors (Lipinski definition) is 0. The van der Waals surface area contributed by atoms with E-state index in [1.165, 1.54) is 56.1 Å². The molecule has 0 aliphatic heterocycles. The van der Waals surface area contributed by atoms with E-state index in [-0.39, 0.29) is 0 Å². The van der Waals surface area contributed by atoms with Crippen LogP contribution in [0.5, 0.6) is 0 Å². The lowest BCUT2D eigenvalue weighted by Gasteiger charge is -2.51. The van der Waals surface area contributed by atoms with E-state index in [2.05, 4.69) is 75.4 Å². The van der Waals surface area contributed by atoms with Gasteiger partial charge < -0.3 is 0 Å². The van der Waals surface area contributed by atoms with Crippen LogP contribution in [0.3, 0.4) is 0 Å². The van der Waals surface area contributed by atoms with E-state index in [0.717, 1.165) is 0 Å². The summed E-state index contributed by atoms with van der Waals surface area (Å²) in [6.45, 7) is 7.32. The molecule has 2 aromatic carbocycles. The zero-order valence-corrected chi connectivity index (χ0v) is 15.6. The van der Waals surface area contributed by atoms with Crippen LogP contribution in [0.4, 0.5) is 0 Å². The predicted octanol–water partition coefficient (Wildman–Crippen LogP) is 6.86. The van der Waals surface area contributed by atoms with Gasteiger partial charge in [-0.3, -0.25) is 0 Å². The van der Waals surface area contributed by atoms with E-state index in [0.29, 0.717) is 10.8 Å². The van der Waals surface area contributed by atoms with Gasteiger partial charge >= 0.3 is 0 Å². The Bertz CT molecular complexity index is 657. The largest absolute Gasteiger partial charge is 0.0622 e. The van der Waals surface area contributed by atoms with Gasteiger partial charge in [0.2, 0.25) is 0 Å². The molecule has 1 saturated carbocycles. The third-order valence-corrected chi connectivity index (χ3v) is 6.83. The molecule has 1 fully saturated rings. The molecule has 0 radical (unpaired) electrons. The van der Waals surface area contributed by atoms with Crippen molar-refractivity contribution >= 4 is 0 Å². The van der Waals surface area contributed by atoms with Crippen molar-refractivity contribution in [3.8, 4) is 0 Å². The molecule has 0 bridgehead atoms. The van der Waals surface area contributed by atoms with Crippen molar-refractivity contribution in [1.29, 1.82) is 0 Å². The summed E-state index contributed by atoms with van der Waals surface area (Å²) in [6, 6.07) is 20.1. The van der Waals surface area contributed by atoms with Gasteiger partial charge in [0.25, 0.3) is 0 Å². The van der Waals surface area contributed by atoms with Crippen LogP contribution in [-0.4, -0.2) is 0 Å². The Kier molecular flexibility index (Phi) is 5.13. The molecule has 2 atom stereocenters. The van der Waals surface area contributed by atoms with Gasteiger partial charge in [-0.05, 0) is 66.5 Å². The minimum Gasteiger partial charge on any atom is -0.0622 e. The first-order chi connectivity index (χ1) is 11.6. The number of rotatable bonds is 5. The van der Waals surface area contributed by atoms with E-state index in [4.69, 9.17) is 0 Å². The van der Waals surface area contributed by atoms with Gasteiger partial charge in [0.05, 0.1) is 0 Å². The summed E-state index contributed by atoms with van der Waals surface area (Å²) in [6.07, 6.45) is 9.30. The van der Waals surface area contributed by atoms with E-state index in [9.17, 15) is 0 Å². The smallest absolute Gasteiger partial charge is 0.00215 e. The molecule has 0 unspecified atom stereocenters.